The van der Waals surface area contributed by atoms with Gasteiger partial charge in [-0.05, 0) is 36.4 Å². The molecule has 1 heterocycles. The van der Waals surface area contributed by atoms with Gasteiger partial charge in [-0.1, -0.05) is 59.6 Å². The minimum atomic E-state index is -0.436. The molecule has 1 N–H and O–H groups in total. The average molecular weight is 439 g/mol. The number of furan rings is 1. The minimum Gasteiger partial charge on any atom is -0.488 e. The lowest BCUT2D eigenvalue weighted by Gasteiger charge is -2.10. The Bertz CT molecular complexity index is 1200. The molecular formula is C23H16Cl2N2O3. The first-order chi connectivity index (χ1) is 14.6. The molecule has 1 aromatic heterocycles. The number of ether oxygens (including phenoxy) is 1. The highest BCUT2D eigenvalue weighted by molar-refractivity contribution is 6.35. The van der Waals surface area contributed by atoms with Crippen LogP contribution < -0.4 is 10.2 Å². The molecule has 0 spiro atoms. The fraction of sp³-hybridized carbons (Fsp3) is 0.0435. The van der Waals surface area contributed by atoms with Gasteiger partial charge >= 0.3 is 5.91 Å². The van der Waals surface area contributed by atoms with Gasteiger partial charge in [-0.25, -0.2) is 5.43 Å². The van der Waals surface area contributed by atoms with Crippen molar-refractivity contribution in [1.82, 2.24) is 5.43 Å². The number of rotatable bonds is 6. The number of hydrogen-bond acceptors (Lipinski definition) is 4. The molecule has 7 heteroatoms. The van der Waals surface area contributed by atoms with Gasteiger partial charge in [0, 0.05) is 26.6 Å². The summed E-state index contributed by atoms with van der Waals surface area (Å²) in [5, 5.41) is 5.98. The molecule has 1 amide bonds. The zero-order valence-electron chi connectivity index (χ0n) is 15.6. The molecule has 0 radical (unpaired) electrons. The summed E-state index contributed by atoms with van der Waals surface area (Å²) < 4.78 is 11.4. The largest absolute Gasteiger partial charge is 0.488 e. The van der Waals surface area contributed by atoms with Crippen LogP contribution in [0.5, 0.6) is 5.75 Å². The molecule has 0 saturated carbocycles. The Morgan fingerprint density at radius 2 is 1.83 bits per heavy atom. The van der Waals surface area contributed by atoms with E-state index < -0.39 is 5.91 Å². The summed E-state index contributed by atoms with van der Waals surface area (Å²) in [4.78, 5) is 12.3. The average Bonchev–Trinajstić information content (AvgIpc) is 3.18. The van der Waals surface area contributed by atoms with Gasteiger partial charge in [0.05, 0.1) is 6.21 Å². The third-order valence-corrected chi connectivity index (χ3v) is 4.92. The van der Waals surface area contributed by atoms with Crippen molar-refractivity contribution in [3.63, 3.8) is 0 Å². The lowest BCUT2D eigenvalue weighted by atomic mass is 10.2. The lowest BCUT2D eigenvalue weighted by molar-refractivity contribution is 0.0929. The van der Waals surface area contributed by atoms with Gasteiger partial charge in [0.1, 0.15) is 17.9 Å². The number of carbonyl (C=O) groups is 1. The van der Waals surface area contributed by atoms with Gasteiger partial charge in [0.2, 0.25) is 0 Å². The second kappa shape index (κ2) is 9.03. The summed E-state index contributed by atoms with van der Waals surface area (Å²) in [6.45, 7) is 0.270. The molecule has 0 aliphatic carbocycles. The maximum atomic E-state index is 12.3. The van der Waals surface area contributed by atoms with Crippen molar-refractivity contribution in [2.75, 3.05) is 0 Å². The van der Waals surface area contributed by atoms with Crippen LogP contribution in [0.25, 0.3) is 11.0 Å². The van der Waals surface area contributed by atoms with E-state index in [1.54, 1.807) is 24.3 Å². The molecule has 0 aliphatic heterocycles. The SMILES string of the molecule is O=C(N/N=C/c1ccccc1OCc1ccc(Cl)cc1Cl)c1cc2ccccc2o1. The number of amides is 1. The number of halogens is 2. The number of hydrogen-bond donors (Lipinski definition) is 1. The molecule has 0 unspecified atom stereocenters. The fourth-order valence-electron chi connectivity index (χ4n) is 2.82. The van der Waals surface area contributed by atoms with Crippen molar-refractivity contribution in [2.24, 2.45) is 5.10 Å². The Kier molecular flexibility index (Phi) is 6.02. The molecule has 5 nitrogen and oxygen atoms in total. The third-order valence-electron chi connectivity index (χ3n) is 4.34. The molecular weight excluding hydrogens is 423 g/mol. The molecule has 4 rings (SSSR count). The summed E-state index contributed by atoms with van der Waals surface area (Å²) in [6, 6.07) is 21.7. The standard InChI is InChI=1S/C23H16Cl2N2O3/c24-18-10-9-17(19(25)12-18)14-29-20-7-3-2-6-16(20)13-26-27-23(28)22-11-15-5-1-4-8-21(15)30-22/h1-13H,14H2,(H,27,28)/b26-13+. The number of nitrogens with one attached hydrogen (secondary N) is 1. The van der Waals surface area contributed by atoms with Crippen LogP contribution in [0.4, 0.5) is 0 Å². The molecule has 30 heavy (non-hydrogen) atoms. The van der Waals surface area contributed by atoms with Gasteiger partial charge in [-0.15, -0.1) is 0 Å². The maximum Gasteiger partial charge on any atom is 0.307 e. The zero-order chi connectivity index (χ0) is 20.9. The third kappa shape index (κ3) is 4.64. The Morgan fingerprint density at radius 3 is 2.67 bits per heavy atom. The second-order valence-corrected chi connectivity index (χ2v) is 7.25. The van der Waals surface area contributed by atoms with Crippen LogP contribution in [0.2, 0.25) is 10.0 Å². The van der Waals surface area contributed by atoms with Crippen LogP contribution in [0.1, 0.15) is 21.7 Å². The minimum absolute atomic E-state index is 0.190. The number of carbonyl (C=O) groups excluding carboxylic acids is 1. The van der Waals surface area contributed by atoms with E-state index in [0.29, 0.717) is 26.9 Å². The molecule has 0 fully saturated rings. The normalized spacial score (nSPS) is 11.1. The number of fused-ring (bicyclic) bond motifs is 1. The highest BCUT2D eigenvalue weighted by Crippen LogP contribution is 2.24. The summed E-state index contributed by atoms with van der Waals surface area (Å²) in [6.07, 6.45) is 1.51. The number of hydrazone groups is 1. The van der Waals surface area contributed by atoms with Crippen LogP contribution in [0.15, 0.2) is 82.3 Å². The second-order valence-electron chi connectivity index (χ2n) is 6.41. The van der Waals surface area contributed by atoms with E-state index in [-0.39, 0.29) is 12.4 Å². The quantitative estimate of drug-likeness (QED) is 0.293. The van der Waals surface area contributed by atoms with Crippen molar-refractivity contribution in [1.29, 1.82) is 0 Å². The maximum absolute atomic E-state index is 12.3. The summed E-state index contributed by atoms with van der Waals surface area (Å²) in [5.74, 6) is 0.356. The Morgan fingerprint density at radius 1 is 1.03 bits per heavy atom. The van der Waals surface area contributed by atoms with Crippen molar-refractivity contribution in [3.05, 3.63) is 99.7 Å². The first kappa shape index (κ1) is 20.0. The van der Waals surface area contributed by atoms with Gasteiger partial charge in [0.15, 0.2) is 5.76 Å². The summed E-state index contributed by atoms with van der Waals surface area (Å²) in [5.41, 5.74) is 4.63. The molecule has 0 atom stereocenters. The van der Waals surface area contributed by atoms with Gasteiger partial charge < -0.3 is 9.15 Å². The Labute approximate surface area is 182 Å². The van der Waals surface area contributed by atoms with E-state index in [1.807, 2.05) is 48.5 Å². The van der Waals surface area contributed by atoms with Crippen molar-refractivity contribution in [2.45, 2.75) is 6.61 Å². The molecule has 0 bridgehead atoms. The molecule has 0 aliphatic rings. The highest BCUT2D eigenvalue weighted by atomic mass is 35.5. The van der Waals surface area contributed by atoms with Crippen molar-refractivity contribution >= 4 is 46.3 Å². The highest BCUT2D eigenvalue weighted by Gasteiger charge is 2.11. The molecule has 3 aromatic carbocycles. The van der Waals surface area contributed by atoms with E-state index in [2.05, 4.69) is 10.5 Å². The van der Waals surface area contributed by atoms with Crippen LogP contribution >= 0.6 is 23.2 Å². The molecule has 4 aromatic rings. The van der Waals surface area contributed by atoms with Crippen LogP contribution in [-0.2, 0) is 6.61 Å². The number of nitrogens with zero attached hydrogens (tertiary/aromatic N) is 1. The van der Waals surface area contributed by atoms with Gasteiger partial charge in [-0.3, -0.25) is 4.79 Å². The first-order valence-corrected chi connectivity index (χ1v) is 9.83. The Hall–Kier alpha value is -3.28. The zero-order valence-corrected chi connectivity index (χ0v) is 17.2. The monoisotopic (exact) mass is 438 g/mol. The van der Waals surface area contributed by atoms with Gasteiger partial charge in [0.25, 0.3) is 0 Å². The predicted molar refractivity (Wildman–Crippen MR) is 119 cm³/mol. The van der Waals surface area contributed by atoms with Crippen LogP contribution in [0, 0.1) is 0 Å². The van der Waals surface area contributed by atoms with Crippen molar-refractivity contribution in [3.8, 4) is 5.75 Å². The predicted octanol–water partition coefficient (Wildman–Crippen LogP) is 6.08. The van der Waals surface area contributed by atoms with Crippen LogP contribution in [-0.4, -0.2) is 12.1 Å². The number of para-hydroxylation sites is 2. The molecule has 150 valence electrons. The first-order valence-electron chi connectivity index (χ1n) is 9.08. The van der Waals surface area contributed by atoms with Gasteiger partial charge in [-0.2, -0.15) is 5.10 Å². The topological polar surface area (TPSA) is 63.8 Å². The summed E-state index contributed by atoms with van der Waals surface area (Å²) >= 11 is 12.1. The summed E-state index contributed by atoms with van der Waals surface area (Å²) in [7, 11) is 0. The van der Waals surface area contributed by atoms with E-state index in [9.17, 15) is 4.79 Å². The van der Waals surface area contributed by atoms with E-state index in [0.717, 1.165) is 10.9 Å². The van der Waals surface area contributed by atoms with E-state index >= 15 is 0 Å². The van der Waals surface area contributed by atoms with Crippen LogP contribution in [0.3, 0.4) is 0 Å². The smallest absolute Gasteiger partial charge is 0.307 e. The fourth-order valence-corrected chi connectivity index (χ4v) is 3.29. The van der Waals surface area contributed by atoms with E-state index in [4.69, 9.17) is 32.4 Å². The lowest BCUT2D eigenvalue weighted by Crippen LogP contribution is -2.16. The Balaban J connectivity index is 1.43. The van der Waals surface area contributed by atoms with Crippen molar-refractivity contribution < 1.29 is 13.9 Å². The molecule has 0 saturated heterocycles. The number of benzene rings is 3. The van der Waals surface area contributed by atoms with E-state index in [1.165, 1.54) is 6.21 Å².